The summed E-state index contributed by atoms with van der Waals surface area (Å²) in [6, 6.07) is 5.17. The number of phenols is 1. The molecule has 2 fully saturated rings. The van der Waals surface area contributed by atoms with Crippen LogP contribution in [0.5, 0.6) is 11.5 Å². The van der Waals surface area contributed by atoms with Crippen molar-refractivity contribution in [2.75, 3.05) is 20.3 Å². The minimum absolute atomic E-state index is 0.0170. The standard InChI is InChI=1S/C27H34FN3O3/c1-16-15-29-25-27(24(30-31-25)21-5-3-4-12-34-21)9-8-18(19-7-6-17(32)13-22(19)33-2)20(23(16)27)14-26(28)10-11-26/h6-9,13,16,18,20-21,23-24,32H,3-5,10-12,14-15H2,1-2H3/t16-,18+,20?,21?,23?,24?,27?/m0/s1. The monoisotopic (exact) mass is 467 g/mol. The first kappa shape index (κ1) is 22.2. The van der Waals surface area contributed by atoms with Gasteiger partial charge in [0.15, 0.2) is 5.84 Å². The molecule has 0 amide bonds. The lowest BCUT2D eigenvalue weighted by atomic mass is 9.51. The van der Waals surface area contributed by atoms with E-state index in [1.165, 1.54) is 0 Å². The highest BCUT2D eigenvalue weighted by molar-refractivity contribution is 5.94. The molecule has 2 aliphatic carbocycles. The molecule has 3 heterocycles. The highest BCUT2D eigenvalue weighted by Gasteiger charge is 2.63. The molecule has 0 aromatic heterocycles. The molecule has 1 aromatic carbocycles. The van der Waals surface area contributed by atoms with Crippen LogP contribution in [0.4, 0.5) is 4.39 Å². The zero-order chi connectivity index (χ0) is 23.5. The van der Waals surface area contributed by atoms with Gasteiger partial charge in [0, 0.05) is 30.7 Å². The summed E-state index contributed by atoms with van der Waals surface area (Å²) in [5, 5.41) is 19.4. The van der Waals surface area contributed by atoms with Crippen LogP contribution in [0.15, 0.2) is 45.6 Å². The number of hydrogen-bond donors (Lipinski definition) is 1. The Kier molecular flexibility index (Phi) is 5.32. The maximum absolute atomic E-state index is 15.5. The van der Waals surface area contributed by atoms with Crippen LogP contribution in [0.1, 0.15) is 56.9 Å². The zero-order valence-electron chi connectivity index (χ0n) is 20.0. The van der Waals surface area contributed by atoms with E-state index in [4.69, 9.17) is 19.6 Å². The number of aliphatic imine (C=N–C) groups is 1. The van der Waals surface area contributed by atoms with Gasteiger partial charge in [-0.3, -0.25) is 4.99 Å². The molecule has 3 aliphatic heterocycles. The fraction of sp³-hybridized carbons (Fsp3) is 0.667. The number of nitrogens with zero attached hydrogens (tertiary/aromatic N) is 3. The van der Waals surface area contributed by atoms with Crippen molar-refractivity contribution in [3.05, 3.63) is 35.9 Å². The summed E-state index contributed by atoms with van der Waals surface area (Å²) in [5.41, 5.74) is -0.553. The topological polar surface area (TPSA) is 75.8 Å². The first-order chi connectivity index (χ1) is 16.4. The second-order valence-electron chi connectivity index (χ2n) is 11.0. The summed E-state index contributed by atoms with van der Waals surface area (Å²) in [6.07, 6.45) is 9.48. The van der Waals surface area contributed by atoms with Crippen LogP contribution in [0.3, 0.4) is 0 Å². The Bertz CT molecular complexity index is 1050. The average Bonchev–Trinajstić information content (AvgIpc) is 3.45. The van der Waals surface area contributed by atoms with Crippen LogP contribution in [-0.2, 0) is 4.74 Å². The number of ether oxygens (including phenoxy) is 2. The zero-order valence-corrected chi connectivity index (χ0v) is 20.0. The van der Waals surface area contributed by atoms with Crippen LogP contribution in [0.25, 0.3) is 0 Å². The van der Waals surface area contributed by atoms with Crippen molar-refractivity contribution in [1.82, 2.24) is 0 Å². The lowest BCUT2D eigenvalue weighted by Crippen LogP contribution is -2.57. The lowest BCUT2D eigenvalue weighted by molar-refractivity contribution is -0.0356. The lowest BCUT2D eigenvalue weighted by Gasteiger charge is -2.53. The number of methoxy groups -OCH3 is 1. The number of amidine groups is 1. The number of alkyl halides is 1. The van der Waals surface area contributed by atoms with Crippen LogP contribution in [0.2, 0.25) is 0 Å². The molecule has 1 N–H and O–H groups in total. The fourth-order valence-electron chi connectivity index (χ4n) is 7.17. The van der Waals surface area contributed by atoms with E-state index < -0.39 is 11.1 Å². The third kappa shape index (κ3) is 3.42. The van der Waals surface area contributed by atoms with Gasteiger partial charge in [-0.1, -0.05) is 25.1 Å². The molecule has 7 atom stereocenters. The molecule has 5 aliphatic rings. The van der Waals surface area contributed by atoms with Gasteiger partial charge in [-0.05, 0) is 62.3 Å². The highest BCUT2D eigenvalue weighted by Crippen LogP contribution is 2.62. The molecule has 6 nitrogen and oxygen atoms in total. The van der Waals surface area contributed by atoms with Crippen molar-refractivity contribution in [2.45, 2.75) is 69.2 Å². The van der Waals surface area contributed by atoms with Crippen molar-refractivity contribution in [3.63, 3.8) is 0 Å². The Morgan fingerprint density at radius 3 is 2.85 bits per heavy atom. The third-order valence-corrected chi connectivity index (χ3v) is 8.89. The SMILES string of the molecule is COc1cc(O)ccc1[C@H]1C=CC23C(=NC[C@H](C)C2C1CC1(F)CC1)N=NC3C1CCCCO1. The molecule has 5 unspecified atom stereocenters. The fourth-order valence-corrected chi connectivity index (χ4v) is 7.17. The molecule has 182 valence electrons. The minimum Gasteiger partial charge on any atom is -0.508 e. The minimum atomic E-state index is -1.10. The number of phenolic OH excluding ortho intramolecular Hbond substituents is 1. The van der Waals surface area contributed by atoms with Gasteiger partial charge < -0.3 is 14.6 Å². The van der Waals surface area contributed by atoms with Crippen molar-refractivity contribution < 1.29 is 19.0 Å². The van der Waals surface area contributed by atoms with Crippen LogP contribution < -0.4 is 4.74 Å². The van der Waals surface area contributed by atoms with Crippen molar-refractivity contribution in [3.8, 4) is 11.5 Å². The van der Waals surface area contributed by atoms with Crippen LogP contribution in [0, 0.1) is 23.2 Å². The van der Waals surface area contributed by atoms with E-state index >= 15 is 4.39 Å². The second-order valence-corrected chi connectivity index (χ2v) is 11.0. The van der Waals surface area contributed by atoms with Gasteiger partial charge in [0.05, 0.1) is 18.6 Å². The Hall–Kier alpha value is -2.28. The Labute approximate surface area is 200 Å². The maximum atomic E-state index is 15.5. The molecule has 1 aromatic rings. The molecule has 0 radical (unpaired) electrons. The van der Waals surface area contributed by atoms with Gasteiger partial charge in [-0.15, -0.1) is 5.11 Å². The van der Waals surface area contributed by atoms with E-state index in [1.54, 1.807) is 19.2 Å². The highest BCUT2D eigenvalue weighted by atomic mass is 19.1. The van der Waals surface area contributed by atoms with Crippen molar-refractivity contribution in [2.24, 2.45) is 38.4 Å². The first-order valence-corrected chi connectivity index (χ1v) is 12.8. The predicted molar refractivity (Wildman–Crippen MR) is 127 cm³/mol. The number of hydrogen-bond acceptors (Lipinski definition) is 6. The quantitative estimate of drug-likeness (QED) is 0.571. The Morgan fingerprint density at radius 2 is 2.12 bits per heavy atom. The number of rotatable bonds is 5. The maximum Gasteiger partial charge on any atom is 0.158 e. The smallest absolute Gasteiger partial charge is 0.158 e. The van der Waals surface area contributed by atoms with E-state index in [0.717, 1.165) is 37.3 Å². The van der Waals surface area contributed by atoms with Gasteiger partial charge in [-0.2, -0.15) is 5.11 Å². The summed E-state index contributed by atoms with van der Waals surface area (Å²) >= 11 is 0. The summed E-state index contributed by atoms with van der Waals surface area (Å²) in [4.78, 5) is 4.88. The normalized spacial score (nSPS) is 39.8. The van der Waals surface area contributed by atoms with Gasteiger partial charge in [-0.25, -0.2) is 4.39 Å². The van der Waals surface area contributed by atoms with E-state index in [2.05, 4.69) is 24.2 Å². The number of azo groups is 1. The summed E-state index contributed by atoms with van der Waals surface area (Å²) in [7, 11) is 1.62. The first-order valence-electron chi connectivity index (χ1n) is 12.8. The average molecular weight is 468 g/mol. The summed E-state index contributed by atoms with van der Waals surface area (Å²) in [5.74, 6) is 2.05. The summed E-state index contributed by atoms with van der Waals surface area (Å²) in [6.45, 7) is 3.69. The molecule has 0 bridgehead atoms. The molecular formula is C27H34FN3O3. The Balaban J connectivity index is 1.48. The van der Waals surface area contributed by atoms with Crippen LogP contribution in [-0.4, -0.2) is 49.0 Å². The van der Waals surface area contributed by atoms with E-state index in [9.17, 15) is 5.11 Å². The number of allylic oxidation sites excluding steroid dienone is 1. The number of halogens is 1. The number of aromatic hydroxyl groups is 1. The molecule has 6 rings (SSSR count). The predicted octanol–water partition coefficient (Wildman–Crippen LogP) is 5.62. The van der Waals surface area contributed by atoms with E-state index in [1.807, 2.05) is 6.07 Å². The number of benzene rings is 1. The molecule has 7 heteroatoms. The van der Waals surface area contributed by atoms with Crippen molar-refractivity contribution in [1.29, 1.82) is 0 Å². The van der Waals surface area contributed by atoms with Gasteiger partial charge in [0.2, 0.25) is 0 Å². The largest absolute Gasteiger partial charge is 0.508 e. The molecular weight excluding hydrogens is 433 g/mol. The van der Waals surface area contributed by atoms with E-state index in [0.29, 0.717) is 31.6 Å². The van der Waals surface area contributed by atoms with Crippen LogP contribution >= 0.6 is 0 Å². The third-order valence-electron chi connectivity index (χ3n) is 8.89. The molecule has 1 spiro atoms. The second kappa shape index (κ2) is 8.14. The molecule has 34 heavy (non-hydrogen) atoms. The van der Waals surface area contributed by atoms with E-state index in [-0.39, 0.29) is 41.6 Å². The Morgan fingerprint density at radius 1 is 1.26 bits per heavy atom. The van der Waals surface area contributed by atoms with Crippen molar-refractivity contribution >= 4 is 5.84 Å². The van der Waals surface area contributed by atoms with Gasteiger partial charge >= 0.3 is 0 Å². The van der Waals surface area contributed by atoms with Gasteiger partial charge in [0.1, 0.15) is 23.2 Å². The van der Waals surface area contributed by atoms with Gasteiger partial charge in [0.25, 0.3) is 0 Å². The molecule has 1 saturated heterocycles. The summed E-state index contributed by atoms with van der Waals surface area (Å²) < 4.78 is 27.4. The molecule has 1 saturated carbocycles.